The molecule has 0 radical (unpaired) electrons. The minimum atomic E-state index is 0.519. The van der Waals surface area contributed by atoms with Gasteiger partial charge in [-0.25, -0.2) is 9.67 Å². The van der Waals surface area contributed by atoms with Gasteiger partial charge in [0.05, 0.1) is 12.8 Å². The van der Waals surface area contributed by atoms with E-state index in [-0.39, 0.29) is 0 Å². The lowest BCUT2D eigenvalue weighted by Crippen LogP contribution is -2.06. The highest BCUT2D eigenvalue weighted by Gasteiger charge is 2.14. The van der Waals surface area contributed by atoms with Gasteiger partial charge in [-0.1, -0.05) is 32.0 Å². The van der Waals surface area contributed by atoms with Crippen LogP contribution in [0.4, 0.5) is 0 Å². The molecule has 0 fully saturated rings. The molecule has 1 aromatic heterocycles. The van der Waals surface area contributed by atoms with E-state index in [4.69, 9.17) is 14.8 Å². The summed E-state index contributed by atoms with van der Waals surface area (Å²) in [7, 11) is 1.66. The zero-order valence-electron chi connectivity index (χ0n) is 13.7. The maximum Gasteiger partial charge on any atom is 0.181 e. The van der Waals surface area contributed by atoms with E-state index in [1.54, 1.807) is 7.11 Å². The van der Waals surface area contributed by atoms with Crippen molar-refractivity contribution < 1.29 is 4.74 Å². The van der Waals surface area contributed by atoms with Crippen molar-refractivity contribution in [1.82, 2.24) is 14.8 Å². The highest BCUT2D eigenvalue weighted by atomic mass is 16.5. The largest absolute Gasteiger partial charge is 0.497 e. The first-order valence-electron chi connectivity index (χ1n) is 7.83. The third-order valence-electron chi connectivity index (χ3n) is 3.61. The molecule has 0 spiro atoms. The molecule has 0 atom stereocenters. The fraction of sp³-hybridized carbons (Fsp3) is 0.263. The molecule has 0 amide bonds. The second-order valence-electron chi connectivity index (χ2n) is 5.93. The van der Waals surface area contributed by atoms with Gasteiger partial charge in [-0.3, -0.25) is 0 Å². The van der Waals surface area contributed by atoms with Gasteiger partial charge in [-0.05, 0) is 42.3 Å². The van der Waals surface area contributed by atoms with Crippen molar-refractivity contribution in [2.75, 3.05) is 7.11 Å². The average molecular weight is 307 g/mol. The predicted molar refractivity (Wildman–Crippen MR) is 91.9 cm³/mol. The topological polar surface area (TPSA) is 39.9 Å². The molecule has 1 heterocycles. The van der Waals surface area contributed by atoms with Gasteiger partial charge in [0.1, 0.15) is 11.6 Å². The monoisotopic (exact) mass is 307 g/mol. The van der Waals surface area contributed by atoms with Crippen LogP contribution in [-0.4, -0.2) is 21.9 Å². The third kappa shape index (κ3) is 3.42. The summed E-state index contributed by atoms with van der Waals surface area (Å²) in [5.41, 5.74) is 2.03. The van der Waals surface area contributed by atoms with Crippen LogP contribution in [0.3, 0.4) is 0 Å². The molecule has 23 heavy (non-hydrogen) atoms. The van der Waals surface area contributed by atoms with E-state index in [0.717, 1.165) is 35.1 Å². The molecule has 118 valence electrons. The van der Waals surface area contributed by atoms with Crippen molar-refractivity contribution >= 4 is 0 Å². The molecule has 3 aromatic rings. The molecule has 2 aromatic carbocycles. The van der Waals surface area contributed by atoms with Crippen LogP contribution >= 0.6 is 0 Å². The molecular formula is C19H21N3O. The second kappa shape index (κ2) is 6.65. The van der Waals surface area contributed by atoms with Gasteiger partial charge >= 0.3 is 0 Å². The number of hydrogen-bond acceptors (Lipinski definition) is 3. The molecular weight excluding hydrogens is 286 g/mol. The zero-order chi connectivity index (χ0) is 16.2. The lowest BCUT2D eigenvalue weighted by molar-refractivity contribution is 0.415. The van der Waals surface area contributed by atoms with Gasteiger partial charge in [-0.2, -0.15) is 0 Å². The Morgan fingerprint density at radius 2 is 1.70 bits per heavy atom. The number of hydrogen-bond donors (Lipinski definition) is 0. The van der Waals surface area contributed by atoms with E-state index in [0.29, 0.717) is 5.92 Å². The molecule has 0 saturated carbocycles. The van der Waals surface area contributed by atoms with E-state index in [9.17, 15) is 0 Å². The zero-order valence-corrected chi connectivity index (χ0v) is 13.7. The first kappa shape index (κ1) is 15.3. The van der Waals surface area contributed by atoms with Crippen molar-refractivity contribution in [3.05, 3.63) is 60.4 Å². The van der Waals surface area contributed by atoms with Crippen molar-refractivity contribution in [3.8, 4) is 22.8 Å². The third-order valence-corrected chi connectivity index (χ3v) is 3.61. The summed E-state index contributed by atoms with van der Waals surface area (Å²) in [6.07, 6.45) is 0.887. The molecule has 0 aliphatic rings. The quantitative estimate of drug-likeness (QED) is 0.711. The van der Waals surface area contributed by atoms with E-state index in [2.05, 4.69) is 26.0 Å². The van der Waals surface area contributed by atoms with Crippen molar-refractivity contribution in [2.45, 2.75) is 20.3 Å². The Hall–Kier alpha value is -2.62. The number of rotatable bonds is 5. The van der Waals surface area contributed by atoms with E-state index >= 15 is 0 Å². The summed E-state index contributed by atoms with van der Waals surface area (Å²) < 4.78 is 7.15. The summed E-state index contributed by atoms with van der Waals surface area (Å²) in [5, 5.41) is 4.72. The molecule has 0 aliphatic carbocycles. The van der Waals surface area contributed by atoms with Gasteiger partial charge in [0.15, 0.2) is 5.82 Å². The Labute approximate surface area is 136 Å². The van der Waals surface area contributed by atoms with Crippen LogP contribution in [0, 0.1) is 5.92 Å². The summed E-state index contributed by atoms with van der Waals surface area (Å²) in [6.45, 7) is 4.38. The Balaban J connectivity index is 2.03. The van der Waals surface area contributed by atoms with Crippen LogP contribution in [0.5, 0.6) is 5.75 Å². The SMILES string of the molecule is COc1ccc(-c2nc(CC(C)C)n(-c3ccccc3)n2)cc1. The van der Waals surface area contributed by atoms with Gasteiger partial charge in [-0.15, -0.1) is 5.10 Å². The van der Waals surface area contributed by atoms with E-state index in [1.807, 2.05) is 47.1 Å². The second-order valence-corrected chi connectivity index (χ2v) is 5.93. The fourth-order valence-electron chi connectivity index (χ4n) is 2.48. The summed E-state index contributed by atoms with van der Waals surface area (Å²) >= 11 is 0. The predicted octanol–water partition coefficient (Wildman–Crippen LogP) is 4.14. The van der Waals surface area contributed by atoms with Crippen LogP contribution in [0.1, 0.15) is 19.7 Å². The summed E-state index contributed by atoms with van der Waals surface area (Å²) in [6, 6.07) is 18.0. The molecule has 0 unspecified atom stereocenters. The number of benzene rings is 2. The molecule has 4 nitrogen and oxygen atoms in total. The lowest BCUT2D eigenvalue weighted by Gasteiger charge is -2.07. The summed E-state index contributed by atoms with van der Waals surface area (Å²) in [4.78, 5) is 4.76. The molecule has 0 saturated heterocycles. The highest BCUT2D eigenvalue weighted by Crippen LogP contribution is 2.22. The Kier molecular flexibility index (Phi) is 4.42. The molecule has 0 aliphatic heterocycles. The minimum absolute atomic E-state index is 0.519. The van der Waals surface area contributed by atoms with Crippen molar-refractivity contribution in [3.63, 3.8) is 0 Å². The minimum Gasteiger partial charge on any atom is -0.497 e. The van der Waals surface area contributed by atoms with Crippen LogP contribution in [-0.2, 0) is 6.42 Å². The van der Waals surface area contributed by atoms with Crippen LogP contribution in [0.2, 0.25) is 0 Å². The molecule has 3 rings (SSSR count). The maximum absolute atomic E-state index is 5.21. The summed E-state index contributed by atoms with van der Waals surface area (Å²) in [5.74, 6) is 3.08. The van der Waals surface area contributed by atoms with Crippen LogP contribution in [0.25, 0.3) is 17.1 Å². The Bertz CT molecular complexity index is 761. The Morgan fingerprint density at radius 3 is 2.30 bits per heavy atom. The van der Waals surface area contributed by atoms with Gasteiger partial charge in [0, 0.05) is 12.0 Å². The van der Waals surface area contributed by atoms with Gasteiger partial charge in [0.2, 0.25) is 0 Å². The molecule has 0 bridgehead atoms. The number of aromatic nitrogens is 3. The number of methoxy groups -OCH3 is 1. The van der Waals surface area contributed by atoms with Crippen LogP contribution in [0.15, 0.2) is 54.6 Å². The van der Waals surface area contributed by atoms with Crippen LogP contribution < -0.4 is 4.74 Å². The van der Waals surface area contributed by atoms with E-state index in [1.165, 1.54) is 0 Å². The lowest BCUT2D eigenvalue weighted by atomic mass is 10.1. The van der Waals surface area contributed by atoms with Crippen molar-refractivity contribution in [2.24, 2.45) is 5.92 Å². The normalized spacial score (nSPS) is 11.0. The number of para-hydroxylation sites is 1. The first-order valence-corrected chi connectivity index (χ1v) is 7.83. The molecule has 0 N–H and O–H groups in total. The highest BCUT2D eigenvalue weighted by molar-refractivity contribution is 5.56. The smallest absolute Gasteiger partial charge is 0.181 e. The first-order chi connectivity index (χ1) is 11.2. The van der Waals surface area contributed by atoms with Crippen molar-refractivity contribution in [1.29, 1.82) is 0 Å². The molecule has 4 heteroatoms. The van der Waals surface area contributed by atoms with Gasteiger partial charge in [0.25, 0.3) is 0 Å². The fourth-order valence-corrected chi connectivity index (χ4v) is 2.48. The van der Waals surface area contributed by atoms with E-state index < -0.39 is 0 Å². The average Bonchev–Trinajstić information content (AvgIpc) is 2.99. The standard InChI is InChI=1S/C19H21N3O/c1-14(2)13-18-20-19(15-9-11-17(23-3)12-10-15)21-22(18)16-7-5-4-6-8-16/h4-12,14H,13H2,1-3H3. The number of ether oxygens (including phenoxy) is 1. The Morgan fingerprint density at radius 1 is 1.00 bits per heavy atom. The maximum atomic E-state index is 5.21. The number of nitrogens with zero attached hydrogens (tertiary/aromatic N) is 3. The van der Waals surface area contributed by atoms with Gasteiger partial charge < -0.3 is 4.74 Å².